The maximum atomic E-state index is 11.5. The minimum Gasteiger partial charge on any atom is -0.481 e. The SMILES string of the molecule is CCc1ccc(OOP(=O)(O)CC(=O)O)c(CC)c1CC. The molecule has 2 N–H and O–H groups in total. The fourth-order valence-corrected chi connectivity index (χ4v) is 2.84. The lowest BCUT2D eigenvalue weighted by Crippen LogP contribution is -2.09. The lowest BCUT2D eigenvalue weighted by Gasteiger charge is -2.16. The van der Waals surface area contributed by atoms with E-state index < -0.39 is 19.7 Å². The van der Waals surface area contributed by atoms with Crippen LogP contribution in [0.2, 0.25) is 0 Å². The quantitative estimate of drug-likeness (QED) is 0.435. The van der Waals surface area contributed by atoms with Gasteiger partial charge in [0.05, 0.1) is 0 Å². The Morgan fingerprint density at radius 2 is 1.76 bits per heavy atom. The molecule has 0 aliphatic carbocycles. The molecule has 0 aromatic heterocycles. The third-order valence-electron chi connectivity index (χ3n) is 3.15. The van der Waals surface area contributed by atoms with Crippen molar-refractivity contribution < 1.29 is 28.9 Å². The lowest BCUT2D eigenvalue weighted by molar-refractivity contribution is -0.136. The Bertz CT molecular complexity index is 555. The van der Waals surface area contributed by atoms with Crippen molar-refractivity contribution in [2.45, 2.75) is 40.0 Å². The number of rotatable bonds is 8. The molecule has 1 aromatic rings. The van der Waals surface area contributed by atoms with Crippen LogP contribution in [0.4, 0.5) is 0 Å². The Morgan fingerprint density at radius 1 is 1.14 bits per heavy atom. The monoisotopic (exact) mass is 316 g/mol. The number of carboxylic acids is 1. The van der Waals surface area contributed by atoms with Crippen LogP contribution in [0, 0.1) is 0 Å². The zero-order valence-corrected chi connectivity index (χ0v) is 13.4. The first kappa shape index (κ1) is 17.7. The molecule has 0 saturated heterocycles. The summed E-state index contributed by atoms with van der Waals surface area (Å²) in [4.78, 5) is 24.8. The second kappa shape index (κ2) is 7.59. The molecule has 0 saturated carbocycles. The Balaban J connectivity index is 2.99. The molecule has 0 bridgehead atoms. The normalized spacial score (nSPS) is 13.7. The molecule has 118 valence electrons. The summed E-state index contributed by atoms with van der Waals surface area (Å²) in [6.45, 7) is 6.04. The minimum atomic E-state index is -4.31. The Labute approximate surface area is 124 Å². The van der Waals surface area contributed by atoms with Gasteiger partial charge in [-0.1, -0.05) is 31.5 Å². The minimum absolute atomic E-state index is 0.353. The van der Waals surface area contributed by atoms with E-state index in [0.717, 1.165) is 24.0 Å². The molecule has 1 atom stereocenters. The van der Waals surface area contributed by atoms with Crippen molar-refractivity contribution >= 4 is 13.6 Å². The third kappa shape index (κ3) is 4.84. The fraction of sp³-hybridized carbons (Fsp3) is 0.500. The van der Waals surface area contributed by atoms with E-state index >= 15 is 0 Å². The number of aryl methyl sites for hydroxylation is 1. The molecule has 21 heavy (non-hydrogen) atoms. The van der Waals surface area contributed by atoms with Crippen molar-refractivity contribution in [3.63, 3.8) is 0 Å². The predicted octanol–water partition coefficient (Wildman–Crippen LogP) is 2.95. The van der Waals surface area contributed by atoms with E-state index in [1.165, 1.54) is 5.56 Å². The molecule has 0 aliphatic rings. The molecular weight excluding hydrogens is 295 g/mol. The number of aliphatic carboxylic acids is 1. The molecule has 0 amide bonds. The summed E-state index contributed by atoms with van der Waals surface area (Å²) in [5.74, 6) is -1.07. The molecule has 0 spiro atoms. The van der Waals surface area contributed by atoms with Crippen LogP contribution in [0.1, 0.15) is 37.5 Å². The largest absolute Gasteiger partial charge is 0.481 e. The second-order valence-electron chi connectivity index (χ2n) is 4.59. The lowest BCUT2D eigenvalue weighted by atomic mass is 9.95. The average Bonchev–Trinajstić information content (AvgIpc) is 2.42. The van der Waals surface area contributed by atoms with Gasteiger partial charge in [0.15, 0.2) is 11.9 Å². The number of carboxylic acid groups (broad SMARTS) is 1. The van der Waals surface area contributed by atoms with Crippen molar-refractivity contribution in [2.75, 3.05) is 6.16 Å². The van der Waals surface area contributed by atoms with Gasteiger partial charge in [0, 0.05) is 5.56 Å². The van der Waals surface area contributed by atoms with Crippen molar-refractivity contribution in [1.29, 1.82) is 0 Å². The average molecular weight is 316 g/mol. The first-order valence-electron chi connectivity index (χ1n) is 6.88. The Morgan fingerprint density at radius 3 is 2.24 bits per heavy atom. The fourth-order valence-electron chi connectivity index (χ4n) is 2.25. The molecule has 7 heteroatoms. The third-order valence-corrected chi connectivity index (χ3v) is 4.13. The Hall–Kier alpha value is -1.36. The van der Waals surface area contributed by atoms with E-state index in [4.69, 9.17) is 9.99 Å². The first-order chi connectivity index (χ1) is 9.84. The summed E-state index contributed by atoms with van der Waals surface area (Å²) in [6.07, 6.45) is 1.39. The van der Waals surface area contributed by atoms with Crippen LogP contribution in [0.3, 0.4) is 0 Å². The Kier molecular flexibility index (Phi) is 6.40. The van der Waals surface area contributed by atoms with Crippen LogP contribution in [-0.2, 0) is 33.3 Å². The van der Waals surface area contributed by atoms with Gasteiger partial charge in [0.2, 0.25) is 0 Å². The van der Waals surface area contributed by atoms with E-state index in [1.807, 2.05) is 19.9 Å². The zero-order chi connectivity index (χ0) is 16.0. The summed E-state index contributed by atoms with van der Waals surface area (Å²) >= 11 is 0. The van der Waals surface area contributed by atoms with Crippen molar-refractivity contribution in [2.24, 2.45) is 0 Å². The number of hydrogen-bond acceptors (Lipinski definition) is 4. The standard InChI is InChI=1S/C14H21O6P/c1-4-10-7-8-13(12(6-3)11(10)5-2)19-20-21(17,18)9-14(15)16/h7-8H,4-6,9H2,1-3H3,(H,15,16)(H,17,18). The predicted molar refractivity (Wildman–Crippen MR) is 78.6 cm³/mol. The smallest absolute Gasteiger partial charge is 0.377 e. The van der Waals surface area contributed by atoms with Gasteiger partial charge in [-0.15, -0.1) is 0 Å². The van der Waals surface area contributed by atoms with Crippen LogP contribution in [0.15, 0.2) is 12.1 Å². The highest BCUT2D eigenvalue weighted by atomic mass is 31.2. The van der Waals surface area contributed by atoms with Gasteiger partial charge in [0.1, 0.15) is 0 Å². The van der Waals surface area contributed by atoms with E-state index in [2.05, 4.69) is 11.6 Å². The van der Waals surface area contributed by atoms with E-state index in [9.17, 15) is 14.3 Å². The zero-order valence-electron chi connectivity index (χ0n) is 12.5. The second-order valence-corrected chi connectivity index (χ2v) is 6.33. The molecular formula is C14H21O6P. The van der Waals surface area contributed by atoms with E-state index in [0.29, 0.717) is 12.2 Å². The summed E-state index contributed by atoms with van der Waals surface area (Å²) in [7, 11) is -4.31. The van der Waals surface area contributed by atoms with Crippen LogP contribution in [0.5, 0.6) is 5.75 Å². The van der Waals surface area contributed by atoms with E-state index in [-0.39, 0.29) is 0 Å². The summed E-state index contributed by atoms with van der Waals surface area (Å²) in [5, 5.41) is 8.53. The van der Waals surface area contributed by atoms with Gasteiger partial charge in [0.25, 0.3) is 0 Å². The van der Waals surface area contributed by atoms with Gasteiger partial charge in [-0.3, -0.25) is 9.36 Å². The first-order valence-corrected chi connectivity index (χ1v) is 8.64. The number of hydrogen-bond donors (Lipinski definition) is 2. The van der Waals surface area contributed by atoms with Crippen LogP contribution in [-0.4, -0.2) is 22.1 Å². The molecule has 1 aromatic carbocycles. The molecule has 1 rings (SSSR count). The molecule has 0 radical (unpaired) electrons. The summed E-state index contributed by atoms with van der Waals surface area (Å²) < 4.78 is 16.0. The molecule has 0 aliphatic heterocycles. The highest BCUT2D eigenvalue weighted by molar-refractivity contribution is 7.53. The van der Waals surface area contributed by atoms with Crippen molar-refractivity contribution in [3.8, 4) is 5.75 Å². The van der Waals surface area contributed by atoms with E-state index in [1.54, 1.807) is 6.07 Å². The molecule has 1 unspecified atom stereocenters. The maximum absolute atomic E-state index is 11.5. The van der Waals surface area contributed by atoms with Crippen LogP contribution >= 0.6 is 7.60 Å². The van der Waals surface area contributed by atoms with Gasteiger partial charge in [-0.25, -0.2) is 0 Å². The topological polar surface area (TPSA) is 93.1 Å². The maximum Gasteiger partial charge on any atom is 0.377 e. The summed E-state index contributed by atoms with van der Waals surface area (Å²) in [6, 6.07) is 3.56. The molecule has 0 heterocycles. The number of carbonyl (C=O) groups is 1. The van der Waals surface area contributed by atoms with Gasteiger partial charge < -0.3 is 14.9 Å². The van der Waals surface area contributed by atoms with Gasteiger partial charge in [-0.05, 0) is 36.5 Å². The summed E-state index contributed by atoms with van der Waals surface area (Å²) in [5.41, 5.74) is 3.23. The van der Waals surface area contributed by atoms with Crippen molar-refractivity contribution in [3.05, 3.63) is 28.8 Å². The van der Waals surface area contributed by atoms with Crippen LogP contribution < -0.4 is 4.89 Å². The molecule has 0 fully saturated rings. The molecule has 6 nitrogen and oxygen atoms in total. The van der Waals surface area contributed by atoms with Gasteiger partial charge in [-0.2, -0.15) is 0 Å². The highest BCUT2D eigenvalue weighted by Gasteiger charge is 2.26. The number of benzene rings is 1. The van der Waals surface area contributed by atoms with Crippen molar-refractivity contribution in [1.82, 2.24) is 0 Å². The van der Waals surface area contributed by atoms with Gasteiger partial charge >= 0.3 is 13.6 Å². The van der Waals surface area contributed by atoms with Crippen LogP contribution in [0.25, 0.3) is 0 Å². The highest BCUT2D eigenvalue weighted by Crippen LogP contribution is 2.42.